The van der Waals surface area contributed by atoms with E-state index in [9.17, 15) is 4.39 Å². The molecule has 0 spiro atoms. The van der Waals surface area contributed by atoms with Gasteiger partial charge in [-0.2, -0.15) is 0 Å². The van der Waals surface area contributed by atoms with Crippen molar-refractivity contribution in [1.82, 2.24) is 0 Å². The van der Waals surface area contributed by atoms with Crippen molar-refractivity contribution in [2.75, 3.05) is 7.11 Å². The zero-order valence-electron chi connectivity index (χ0n) is 11.8. The molecule has 1 unspecified atom stereocenters. The van der Waals surface area contributed by atoms with Crippen molar-refractivity contribution in [2.24, 2.45) is 11.1 Å². The summed E-state index contributed by atoms with van der Waals surface area (Å²) in [4.78, 5) is 0. The molecular formula is C15H24FNO. The second-order valence-corrected chi connectivity index (χ2v) is 5.83. The van der Waals surface area contributed by atoms with Crippen molar-refractivity contribution >= 4 is 0 Å². The predicted molar refractivity (Wildman–Crippen MR) is 73.3 cm³/mol. The average Bonchev–Trinajstić information content (AvgIpc) is 2.28. The van der Waals surface area contributed by atoms with Gasteiger partial charge in [-0.3, -0.25) is 0 Å². The van der Waals surface area contributed by atoms with Gasteiger partial charge in [0.1, 0.15) is 0 Å². The van der Waals surface area contributed by atoms with Crippen molar-refractivity contribution < 1.29 is 9.13 Å². The van der Waals surface area contributed by atoms with E-state index in [-0.39, 0.29) is 17.3 Å². The molecule has 1 atom stereocenters. The SMILES string of the molecule is COc1ccc(CCCC(N)C(C)(C)C)cc1F. The zero-order valence-corrected chi connectivity index (χ0v) is 11.8. The first-order chi connectivity index (χ1) is 8.34. The number of hydrogen-bond acceptors (Lipinski definition) is 2. The molecule has 0 aromatic heterocycles. The molecule has 3 heteroatoms. The van der Waals surface area contributed by atoms with Crippen LogP contribution in [-0.2, 0) is 6.42 Å². The van der Waals surface area contributed by atoms with Crippen LogP contribution in [-0.4, -0.2) is 13.2 Å². The molecule has 2 N–H and O–H groups in total. The molecule has 1 aromatic carbocycles. The Kier molecular flexibility index (Phi) is 5.15. The lowest BCUT2D eigenvalue weighted by Crippen LogP contribution is -2.34. The first-order valence-corrected chi connectivity index (χ1v) is 6.42. The number of ether oxygens (including phenoxy) is 1. The van der Waals surface area contributed by atoms with E-state index in [4.69, 9.17) is 10.5 Å². The maximum absolute atomic E-state index is 13.5. The second kappa shape index (κ2) is 6.19. The third-order valence-electron chi connectivity index (χ3n) is 3.31. The van der Waals surface area contributed by atoms with Crippen LogP contribution in [0.2, 0.25) is 0 Å². The Bertz CT molecular complexity index is 385. The third kappa shape index (κ3) is 4.30. The summed E-state index contributed by atoms with van der Waals surface area (Å²) in [6.45, 7) is 6.43. The van der Waals surface area contributed by atoms with Crippen LogP contribution in [0.5, 0.6) is 5.75 Å². The molecule has 0 saturated heterocycles. The number of aryl methyl sites for hydroxylation is 1. The lowest BCUT2D eigenvalue weighted by atomic mass is 9.84. The van der Waals surface area contributed by atoms with Crippen LogP contribution < -0.4 is 10.5 Å². The van der Waals surface area contributed by atoms with E-state index < -0.39 is 0 Å². The highest BCUT2D eigenvalue weighted by Gasteiger charge is 2.19. The standard InChI is InChI=1S/C15H24FNO/c1-15(2,3)14(17)7-5-6-11-8-9-13(18-4)12(16)10-11/h8-10,14H,5-7,17H2,1-4H3. The van der Waals surface area contributed by atoms with Gasteiger partial charge in [-0.25, -0.2) is 4.39 Å². The quantitative estimate of drug-likeness (QED) is 0.871. The molecule has 1 aromatic rings. The Hall–Kier alpha value is -1.09. The molecular weight excluding hydrogens is 229 g/mol. The fourth-order valence-corrected chi connectivity index (χ4v) is 1.82. The fraction of sp³-hybridized carbons (Fsp3) is 0.600. The van der Waals surface area contributed by atoms with Crippen LogP contribution in [0.1, 0.15) is 39.2 Å². The minimum atomic E-state index is -0.296. The normalized spacial score (nSPS) is 13.4. The van der Waals surface area contributed by atoms with Gasteiger partial charge in [0.15, 0.2) is 11.6 Å². The highest BCUT2D eigenvalue weighted by atomic mass is 19.1. The van der Waals surface area contributed by atoms with Crippen LogP contribution >= 0.6 is 0 Å². The smallest absolute Gasteiger partial charge is 0.165 e. The van der Waals surface area contributed by atoms with Gasteiger partial charge in [0, 0.05) is 6.04 Å². The Morgan fingerprint density at radius 3 is 2.50 bits per heavy atom. The minimum absolute atomic E-state index is 0.130. The summed E-state index contributed by atoms with van der Waals surface area (Å²) in [6.07, 6.45) is 2.78. The molecule has 0 bridgehead atoms. The summed E-state index contributed by atoms with van der Waals surface area (Å²) in [5.41, 5.74) is 7.22. The van der Waals surface area contributed by atoms with Crippen LogP contribution in [0.25, 0.3) is 0 Å². The molecule has 0 fully saturated rings. The topological polar surface area (TPSA) is 35.2 Å². The fourth-order valence-electron chi connectivity index (χ4n) is 1.82. The van der Waals surface area contributed by atoms with Gasteiger partial charge < -0.3 is 10.5 Å². The Morgan fingerprint density at radius 2 is 2.00 bits per heavy atom. The summed E-state index contributed by atoms with van der Waals surface area (Å²) in [6, 6.07) is 5.31. The summed E-state index contributed by atoms with van der Waals surface area (Å²) < 4.78 is 18.4. The van der Waals surface area contributed by atoms with Crippen molar-refractivity contribution in [2.45, 2.75) is 46.1 Å². The first kappa shape index (κ1) is 15.0. The number of halogens is 1. The van der Waals surface area contributed by atoms with Crippen molar-refractivity contribution in [3.63, 3.8) is 0 Å². The Balaban J connectivity index is 2.47. The molecule has 1 rings (SSSR count). The lowest BCUT2D eigenvalue weighted by Gasteiger charge is -2.26. The number of nitrogens with two attached hydrogens (primary N) is 1. The van der Waals surface area contributed by atoms with Crippen LogP contribution in [0.15, 0.2) is 18.2 Å². The number of rotatable bonds is 5. The van der Waals surface area contributed by atoms with Crippen LogP contribution in [0, 0.1) is 11.2 Å². The molecule has 0 heterocycles. The number of methoxy groups -OCH3 is 1. The molecule has 0 aliphatic carbocycles. The van der Waals surface area contributed by atoms with E-state index in [0.717, 1.165) is 24.8 Å². The molecule has 2 nitrogen and oxygen atoms in total. The summed E-state index contributed by atoms with van der Waals surface area (Å²) in [7, 11) is 1.47. The summed E-state index contributed by atoms with van der Waals surface area (Å²) >= 11 is 0. The second-order valence-electron chi connectivity index (χ2n) is 5.83. The average molecular weight is 253 g/mol. The molecule has 102 valence electrons. The van der Waals surface area contributed by atoms with Crippen molar-refractivity contribution in [3.05, 3.63) is 29.6 Å². The minimum Gasteiger partial charge on any atom is -0.494 e. The highest BCUT2D eigenvalue weighted by Crippen LogP contribution is 2.23. The van der Waals surface area contributed by atoms with Crippen LogP contribution in [0.4, 0.5) is 4.39 Å². The van der Waals surface area contributed by atoms with Gasteiger partial charge in [0.25, 0.3) is 0 Å². The van der Waals surface area contributed by atoms with Gasteiger partial charge in [0.2, 0.25) is 0 Å². The maximum Gasteiger partial charge on any atom is 0.165 e. The molecule has 0 amide bonds. The summed E-state index contributed by atoms with van der Waals surface area (Å²) in [5, 5.41) is 0. The van der Waals surface area contributed by atoms with Crippen molar-refractivity contribution in [3.8, 4) is 5.75 Å². The van der Waals surface area contributed by atoms with E-state index in [0.29, 0.717) is 5.75 Å². The number of hydrogen-bond donors (Lipinski definition) is 1. The van der Waals surface area contributed by atoms with Crippen LogP contribution in [0.3, 0.4) is 0 Å². The van der Waals surface area contributed by atoms with Gasteiger partial charge in [-0.15, -0.1) is 0 Å². The van der Waals surface area contributed by atoms with Gasteiger partial charge in [-0.1, -0.05) is 26.8 Å². The highest BCUT2D eigenvalue weighted by molar-refractivity contribution is 5.29. The van der Waals surface area contributed by atoms with Gasteiger partial charge in [0.05, 0.1) is 7.11 Å². The van der Waals surface area contributed by atoms with E-state index in [1.165, 1.54) is 7.11 Å². The molecule has 0 saturated carbocycles. The zero-order chi connectivity index (χ0) is 13.8. The monoisotopic (exact) mass is 253 g/mol. The van der Waals surface area contributed by atoms with Gasteiger partial charge >= 0.3 is 0 Å². The summed E-state index contributed by atoms with van der Waals surface area (Å²) in [5.74, 6) is 0.000243. The predicted octanol–water partition coefficient (Wildman–Crippen LogP) is 3.53. The van der Waals surface area contributed by atoms with E-state index in [1.807, 2.05) is 6.07 Å². The van der Waals surface area contributed by atoms with E-state index in [2.05, 4.69) is 20.8 Å². The Morgan fingerprint density at radius 1 is 1.33 bits per heavy atom. The first-order valence-electron chi connectivity index (χ1n) is 6.42. The largest absolute Gasteiger partial charge is 0.494 e. The molecule has 0 aliphatic heterocycles. The van der Waals surface area contributed by atoms with E-state index in [1.54, 1.807) is 12.1 Å². The number of benzene rings is 1. The van der Waals surface area contributed by atoms with Gasteiger partial charge in [-0.05, 0) is 42.4 Å². The third-order valence-corrected chi connectivity index (χ3v) is 3.31. The van der Waals surface area contributed by atoms with Crippen molar-refractivity contribution in [1.29, 1.82) is 0 Å². The maximum atomic E-state index is 13.5. The lowest BCUT2D eigenvalue weighted by molar-refractivity contribution is 0.301. The van der Waals surface area contributed by atoms with E-state index >= 15 is 0 Å². The molecule has 0 aliphatic rings. The Labute approximate surface area is 109 Å². The molecule has 0 radical (unpaired) electrons. The molecule has 18 heavy (non-hydrogen) atoms.